The van der Waals surface area contributed by atoms with E-state index in [4.69, 9.17) is 10.2 Å². The minimum absolute atomic E-state index is 0.359. The Kier molecular flexibility index (Phi) is 6.29. The molecule has 2 rings (SSSR count). The van der Waals surface area contributed by atoms with Crippen LogP contribution in [0.3, 0.4) is 0 Å². The Labute approximate surface area is 135 Å². The van der Waals surface area contributed by atoms with Crippen LogP contribution in [0.1, 0.15) is 17.3 Å². The molecule has 2 heterocycles. The lowest BCUT2D eigenvalue weighted by atomic mass is 10.4. The largest absolute Gasteiger partial charge is 0.464 e. The summed E-state index contributed by atoms with van der Waals surface area (Å²) in [4.78, 5) is 6.39. The Balaban J connectivity index is 1.66. The molecule has 0 fully saturated rings. The minimum atomic E-state index is 0.359. The van der Waals surface area contributed by atoms with Crippen LogP contribution in [-0.4, -0.2) is 46.1 Å². The molecule has 2 aromatic rings. The van der Waals surface area contributed by atoms with Crippen molar-refractivity contribution >= 4 is 17.7 Å². The highest BCUT2D eigenvalue weighted by molar-refractivity contribution is 7.98. The Morgan fingerprint density at radius 2 is 2.14 bits per heavy atom. The van der Waals surface area contributed by atoms with Crippen LogP contribution in [0.25, 0.3) is 0 Å². The van der Waals surface area contributed by atoms with Gasteiger partial charge in [-0.25, -0.2) is 4.68 Å². The first-order chi connectivity index (χ1) is 10.6. The first kappa shape index (κ1) is 16.9. The quantitative estimate of drug-likeness (QED) is 0.672. The van der Waals surface area contributed by atoms with Gasteiger partial charge in [-0.2, -0.15) is 21.8 Å². The van der Waals surface area contributed by atoms with Gasteiger partial charge in [0.1, 0.15) is 11.5 Å². The summed E-state index contributed by atoms with van der Waals surface area (Å²) in [5, 5.41) is 7.46. The summed E-state index contributed by atoms with van der Waals surface area (Å²) < 4.78 is 7.49. The number of aryl methyl sites for hydroxylation is 1. The molecule has 0 aliphatic heterocycles. The number of nitrogens with zero attached hydrogens (tertiary/aromatic N) is 4. The van der Waals surface area contributed by atoms with Crippen LogP contribution in [0.4, 0.5) is 5.95 Å². The fraction of sp³-hybridized carbons (Fsp3) is 0.571. The van der Waals surface area contributed by atoms with E-state index in [2.05, 4.69) is 26.4 Å². The zero-order valence-corrected chi connectivity index (χ0v) is 14.2. The van der Waals surface area contributed by atoms with Crippen LogP contribution < -0.4 is 11.1 Å². The number of nitrogens with one attached hydrogen (secondary N) is 1. The molecule has 0 saturated carbocycles. The van der Waals surface area contributed by atoms with Gasteiger partial charge in [-0.3, -0.25) is 0 Å². The zero-order valence-electron chi connectivity index (χ0n) is 13.4. The van der Waals surface area contributed by atoms with E-state index in [1.54, 1.807) is 4.68 Å². The molecule has 0 amide bonds. The van der Waals surface area contributed by atoms with Crippen LogP contribution in [-0.2, 0) is 25.9 Å². The van der Waals surface area contributed by atoms with E-state index < -0.39 is 0 Å². The lowest BCUT2D eigenvalue weighted by Gasteiger charge is -2.06. The van der Waals surface area contributed by atoms with Crippen LogP contribution >= 0.6 is 11.8 Å². The van der Waals surface area contributed by atoms with E-state index in [0.717, 1.165) is 42.1 Å². The summed E-state index contributed by atoms with van der Waals surface area (Å²) in [6.45, 7) is 2.02. The van der Waals surface area contributed by atoms with Crippen molar-refractivity contribution in [3.8, 4) is 0 Å². The fourth-order valence-corrected chi connectivity index (χ4v) is 2.73. The van der Waals surface area contributed by atoms with Crippen molar-refractivity contribution in [2.75, 3.05) is 31.7 Å². The van der Waals surface area contributed by atoms with Crippen LogP contribution in [0, 0.1) is 0 Å². The van der Waals surface area contributed by atoms with Gasteiger partial charge in [0.2, 0.25) is 5.95 Å². The van der Waals surface area contributed by atoms with Gasteiger partial charge in [0.25, 0.3) is 0 Å². The molecule has 0 aliphatic carbocycles. The molecule has 0 aromatic carbocycles. The molecule has 0 unspecified atom stereocenters. The number of furan rings is 1. The molecule has 0 spiro atoms. The smallest absolute Gasteiger partial charge is 0.221 e. The second-order valence-electron chi connectivity index (χ2n) is 5.26. The van der Waals surface area contributed by atoms with Crippen molar-refractivity contribution in [2.45, 2.75) is 18.8 Å². The van der Waals surface area contributed by atoms with E-state index in [0.29, 0.717) is 12.4 Å². The van der Waals surface area contributed by atoms with Crippen LogP contribution in [0.5, 0.6) is 0 Å². The molecule has 22 heavy (non-hydrogen) atoms. The van der Waals surface area contributed by atoms with E-state index >= 15 is 0 Å². The molecule has 2 aromatic heterocycles. The molecule has 7 nitrogen and oxygen atoms in total. The summed E-state index contributed by atoms with van der Waals surface area (Å²) in [5.41, 5.74) is 5.52. The average Bonchev–Trinajstić information content (AvgIpc) is 3.05. The molecule has 0 radical (unpaired) electrons. The summed E-state index contributed by atoms with van der Waals surface area (Å²) in [6, 6.07) is 4.09. The maximum absolute atomic E-state index is 5.77. The Bertz CT molecular complexity index is 580. The van der Waals surface area contributed by atoms with Gasteiger partial charge < -0.3 is 20.4 Å². The maximum atomic E-state index is 5.77. The summed E-state index contributed by atoms with van der Waals surface area (Å²) in [6.07, 6.45) is 0. The Hall–Kier alpha value is -1.51. The van der Waals surface area contributed by atoms with E-state index in [1.165, 1.54) is 0 Å². The molecule has 0 saturated heterocycles. The van der Waals surface area contributed by atoms with Gasteiger partial charge in [0.15, 0.2) is 5.82 Å². The highest BCUT2D eigenvalue weighted by Crippen LogP contribution is 2.16. The van der Waals surface area contributed by atoms with Crippen molar-refractivity contribution < 1.29 is 4.42 Å². The number of hydrogen-bond acceptors (Lipinski definition) is 7. The predicted octanol–water partition coefficient (Wildman–Crippen LogP) is 1.27. The van der Waals surface area contributed by atoms with Gasteiger partial charge in [-0.1, -0.05) is 0 Å². The van der Waals surface area contributed by atoms with E-state index in [-0.39, 0.29) is 0 Å². The van der Waals surface area contributed by atoms with E-state index in [1.807, 2.05) is 39.0 Å². The number of anilines is 1. The number of hydrogen-bond donors (Lipinski definition) is 2. The third kappa shape index (κ3) is 5.04. The van der Waals surface area contributed by atoms with Crippen molar-refractivity contribution in [3.63, 3.8) is 0 Å². The highest BCUT2D eigenvalue weighted by Gasteiger charge is 2.06. The van der Waals surface area contributed by atoms with Gasteiger partial charge in [-0.05, 0) is 26.2 Å². The normalized spacial score (nSPS) is 11.3. The van der Waals surface area contributed by atoms with Crippen molar-refractivity contribution in [2.24, 2.45) is 12.8 Å². The minimum Gasteiger partial charge on any atom is -0.464 e. The Morgan fingerprint density at radius 1 is 1.36 bits per heavy atom. The van der Waals surface area contributed by atoms with Crippen LogP contribution in [0.2, 0.25) is 0 Å². The monoisotopic (exact) mass is 324 g/mol. The molecule has 0 atom stereocenters. The molecular formula is C14H24N6OS. The first-order valence-electron chi connectivity index (χ1n) is 7.22. The first-order valence-corrected chi connectivity index (χ1v) is 8.38. The molecule has 3 N–H and O–H groups in total. The number of rotatable bonds is 9. The molecular weight excluding hydrogens is 300 g/mol. The maximum Gasteiger partial charge on any atom is 0.221 e. The standard InChI is InChI=1S/C14H24N6OS/c1-19(2)9-11-4-5-12(21-11)10-22-7-6-16-14-17-13(8-15)18-20(14)3/h4-5H,6-10,15H2,1-3H3,(H,16,17,18). The SMILES string of the molecule is CN(C)Cc1ccc(CSCCNc2nc(CN)nn2C)o1. The molecule has 0 aliphatic rings. The van der Waals surface area contributed by atoms with Crippen LogP contribution in [0.15, 0.2) is 16.5 Å². The fourth-order valence-electron chi connectivity index (χ4n) is 1.98. The zero-order chi connectivity index (χ0) is 15.9. The lowest BCUT2D eigenvalue weighted by molar-refractivity contribution is 0.344. The summed E-state index contributed by atoms with van der Waals surface area (Å²) in [5.74, 6) is 5.28. The van der Waals surface area contributed by atoms with Gasteiger partial charge in [0, 0.05) is 19.3 Å². The van der Waals surface area contributed by atoms with Gasteiger partial charge in [-0.15, -0.1) is 0 Å². The molecule has 8 heteroatoms. The van der Waals surface area contributed by atoms with Gasteiger partial charge >= 0.3 is 0 Å². The number of aromatic nitrogens is 3. The highest BCUT2D eigenvalue weighted by atomic mass is 32.2. The second-order valence-corrected chi connectivity index (χ2v) is 6.37. The summed E-state index contributed by atoms with van der Waals surface area (Å²) >= 11 is 1.82. The number of nitrogens with two attached hydrogens (primary N) is 1. The average molecular weight is 324 g/mol. The lowest BCUT2D eigenvalue weighted by Crippen LogP contribution is -2.09. The molecule has 122 valence electrons. The van der Waals surface area contributed by atoms with Crippen molar-refractivity contribution in [1.29, 1.82) is 0 Å². The predicted molar refractivity (Wildman–Crippen MR) is 89.6 cm³/mol. The topological polar surface area (TPSA) is 85.1 Å². The Morgan fingerprint density at radius 3 is 2.82 bits per heavy atom. The number of thioether (sulfide) groups is 1. The third-order valence-electron chi connectivity index (χ3n) is 2.95. The second kappa shape index (κ2) is 8.21. The van der Waals surface area contributed by atoms with Crippen molar-refractivity contribution in [3.05, 3.63) is 29.5 Å². The third-order valence-corrected chi connectivity index (χ3v) is 3.93. The van der Waals surface area contributed by atoms with E-state index in [9.17, 15) is 0 Å². The van der Waals surface area contributed by atoms with Crippen molar-refractivity contribution in [1.82, 2.24) is 19.7 Å². The van der Waals surface area contributed by atoms with Gasteiger partial charge in [0.05, 0.1) is 18.8 Å². The molecule has 0 bridgehead atoms. The summed E-state index contributed by atoms with van der Waals surface area (Å²) in [7, 11) is 5.92.